The highest BCUT2D eigenvalue weighted by Crippen LogP contribution is 2.28. The van der Waals surface area contributed by atoms with Crippen LogP contribution >= 0.6 is 11.3 Å². The van der Waals surface area contributed by atoms with Gasteiger partial charge in [-0.15, -0.1) is 10.2 Å². The molecule has 0 bridgehead atoms. The van der Waals surface area contributed by atoms with Crippen LogP contribution in [0.4, 0.5) is 16.5 Å². The number of carbonyl (C=O) groups is 1. The van der Waals surface area contributed by atoms with Gasteiger partial charge in [0.25, 0.3) is 11.6 Å². The van der Waals surface area contributed by atoms with Gasteiger partial charge in [0.05, 0.1) is 29.4 Å². The summed E-state index contributed by atoms with van der Waals surface area (Å²) in [7, 11) is 0. The van der Waals surface area contributed by atoms with Gasteiger partial charge in [-0.25, -0.2) is 0 Å². The second-order valence-electron chi connectivity index (χ2n) is 6.47. The van der Waals surface area contributed by atoms with Crippen molar-refractivity contribution in [2.75, 3.05) is 36.5 Å². The summed E-state index contributed by atoms with van der Waals surface area (Å²) >= 11 is 1.34. The zero-order valence-corrected chi connectivity index (χ0v) is 16.5. The van der Waals surface area contributed by atoms with Crippen molar-refractivity contribution in [3.05, 3.63) is 38.9 Å². The maximum Gasteiger partial charge on any atom is 0.270 e. The van der Waals surface area contributed by atoms with E-state index in [-0.39, 0.29) is 11.3 Å². The third-order valence-electron chi connectivity index (χ3n) is 4.47. The lowest BCUT2D eigenvalue weighted by molar-refractivity contribution is -0.384. The molecule has 1 aliphatic rings. The molecule has 9 nitrogen and oxygen atoms in total. The van der Waals surface area contributed by atoms with Crippen LogP contribution in [0.25, 0.3) is 0 Å². The molecule has 0 aliphatic carbocycles. The number of unbranched alkanes of at least 4 members (excludes halogenated alkanes) is 2. The van der Waals surface area contributed by atoms with E-state index >= 15 is 0 Å². The maximum absolute atomic E-state index is 12.9. The molecule has 2 aromatic rings. The van der Waals surface area contributed by atoms with E-state index in [9.17, 15) is 14.9 Å². The monoisotopic (exact) mass is 405 g/mol. The second-order valence-corrected chi connectivity index (χ2v) is 7.53. The number of hydrogen-bond donors (Lipinski definition) is 1. The molecule has 1 saturated heterocycles. The molecule has 1 N–H and O–H groups in total. The number of nitro groups is 1. The molecule has 1 aromatic heterocycles. The summed E-state index contributed by atoms with van der Waals surface area (Å²) in [5.41, 5.74) is 0.776. The normalized spacial score (nSPS) is 14.1. The van der Waals surface area contributed by atoms with E-state index in [1.54, 1.807) is 6.07 Å². The average molecular weight is 405 g/mol. The third kappa shape index (κ3) is 5.02. The van der Waals surface area contributed by atoms with Crippen LogP contribution in [-0.4, -0.2) is 47.3 Å². The second kappa shape index (κ2) is 9.56. The molecule has 1 aliphatic heterocycles. The van der Waals surface area contributed by atoms with Gasteiger partial charge in [-0.1, -0.05) is 31.1 Å². The Hall–Kier alpha value is -2.59. The Morgan fingerprint density at radius 1 is 1.32 bits per heavy atom. The number of hydrogen-bond acceptors (Lipinski definition) is 8. The highest BCUT2D eigenvalue weighted by molar-refractivity contribution is 7.15. The van der Waals surface area contributed by atoms with Gasteiger partial charge in [-0.3, -0.25) is 20.2 Å². The van der Waals surface area contributed by atoms with Gasteiger partial charge in [0.15, 0.2) is 0 Å². The van der Waals surface area contributed by atoms with E-state index < -0.39 is 10.8 Å². The summed E-state index contributed by atoms with van der Waals surface area (Å²) in [6.45, 7) is 4.49. The van der Waals surface area contributed by atoms with Crippen molar-refractivity contribution in [1.29, 1.82) is 0 Å². The number of carbonyl (C=O) groups excluding carboxylic acids is 1. The van der Waals surface area contributed by atoms with Crippen LogP contribution in [0.1, 0.15) is 41.6 Å². The summed E-state index contributed by atoms with van der Waals surface area (Å²) < 4.78 is 5.36. The van der Waals surface area contributed by atoms with Gasteiger partial charge in [0, 0.05) is 31.6 Å². The zero-order chi connectivity index (χ0) is 19.9. The number of anilines is 2. The molecule has 150 valence electrons. The minimum atomic E-state index is -0.503. The Bertz CT molecular complexity index is 835. The van der Waals surface area contributed by atoms with Crippen molar-refractivity contribution in [2.45, 2.75) is 32.6 Å². The molecule has 1 fully saturated rings. The highest BCUT2D eigenvalue weighted by Gasteiger charge is 2.23. The van der Waals surface area contributed by atoms with E-state index in [4.69, 9.17) is 4.74 Å². The van der Waals surface area contributed by atoms with E-state index in [2.05, 4.69) is 22.4 Å². The first-order valence-electron chi connectivity index (χ1n) is 9.33. The number of non-ortho nitro benzene ring substituents is 1. The van der Waals surface area contributed by atoms with Gasteiger partial charge in [0.1, 0.15) is 5.01 Å². The summed E-state index contributed by atoms with van der Waals surface area (Å²) in [6, 6.07) is 4.34. The Kier molecular flexibility index (Phi) is 6.88. The SMILES string of the molecule is CCCCCc1nnc(NC(=O)c2cc([N+](=O)[O-])ccc2N2CCOCC2)s1. The van der Waals surface area contributed by atoms with E-state index in [0.29, 0.717) is 37.1 Å². The lowest BCUT2D eigenvalue weighted by Gasteiger charge is -2.30. The molecule has 28 heavy (non-hydrogen) atoms. The fourth-order valence-corrected chi connectivity index (χ4v) is 3.77. The zero-order valence-electron chi connectivity index (χ0n) is 15.7. The number of benzene rings is 1. The van der Waals surface area contributed by atoms with Crippen molar-refractivity contribution in [3.63, 3.8) is 0 Å². The Morgan fingerprint density at radius 3 is 2.82 bits per heavy atom. The fraction of sp³-hybridized carbons (Fsp3) is 0.500. The number of nitro benzene ring substituents is 1. The maximum atomic E-state index is 12.9. The van der Waals surface area contributed by atoms with Gasteiger partial charge in [-0.2, -0.15) is 0 Å². The molecular formula is C18H23N5O4S. The third-order valence-corrected chi connectivity index (χ3v) is 5.37. The van der Waals surface area contributed by atoms with Crippen LogP contribution in [0.15, 0.2) is 18.2 Å². The topological polar surface area (TPSA) is 110 Å². The number of nitrogens with one attached hydrogen (secondary N) is 1. The molecule has 0 radical (unpaired) electrons. The van der Waals surface area contributed by atoms with Crippen LogP contribution in [0.3, 0.4) is 0 Å². The Morgan fingerprint density at radius 2 is 2.11 bits per heavy atom. The van der Waals surface area contributed by atoms with E-state index in [1.165, 1.54) is 23.5 Å². The Balaban J connectivity index is 1.79. The molecule has 1 amide bonds. The molecule has 0 unspecified atom stereocenters. The molecule has 0 spiro atoms. The van der Waals surface area contributed by atoms with Crippen molar-refractivity contribution in [2.24, 2.45) is 0 Å². The number of nitrogens with zero attached hydrogens (tertiary/aromatic N) is 4. The quantitative estimate of drug-likeness (QED) is 0.408. The number of morpholine rings is 1. The van der Waals surface area contributed by atoms with Gasteiger partial charge >= 0.3 is 0 Å². The van der Waals surface area contributed by atoms with Crippen molar-refractivity contribution >= 4 is 33.8 Å². The smallest absolute Gasteiger partial charge is 0.270 e. The minimum Gasteiger partial charge on any atom is -0.378 e. The van der Waals surface area contributed by atoms with Gasteiger partial charge in [0.2, 0.25) is 5.13 Å². The molecule has 3 rings (SSSR count). The molecule has 10 heteroatoms. The van der Waals surface area contributed by atoms with Crippen LogP contribution in [0.2, 0.25) is 0 Å². The largest absolute Gasteiger partial charge is 0.378 e. The lowest BCUT2D eigenvalue weighted by Crippen LogP contribution is -2.37. The average Bonchev–Trinajstić information content (AvgIpc) is 3.15. The molecule has 0 atom stereocenters. The first kappa shape index (κ1) is 20.2. The van der Waals surface area contributed by atoms with Crippen molar-refractivity contribution in [1.82, 2.24) is 10.2 Å². The number of aromatic nitrogens is 2. The van der Waals surface area contributed by atoms with Crippen LogP contribution in [-0.2, 0) is 11.2 Å². The van der Waals surface area contributed by atoms with E-state index in [1.807, 2.05) is 4.90 Å². The van der Waals surface area contributed by atoms with Crippen LogP contribution in [0, 0.1) is 10.1 Å². The molecule has 0 saturated carbocycles. The van der Waals surface area contributed by atoms with Crippen molar-refractivity contribution < 1.29 is 14.5 Å². The number of amides is 1. The fourth-order valence-electron chi connectivity index (χ4n) is 3.00. The molecule has 2 heterocycles. The standard InChI is InChI=1S/C18H23N5O4S/c1-2-3-4-5-16-20-21-18(28-16)19-17(24)14-12-13(23(25)26)6-7-15(14)22-8-10-27-11-9-22/h6-7,12H,2-5,8-11H2,1H3,(H,19,21,24). The van der Waals surface area contributed by atoms with Crippen molar-refractivity contribution in [3.8, 4) is 0 Å². The first-order chi connectivity index (χ1) is 13.6. The van der Waals surface area contributed by atoms with Gasteiger partial charge in [-0.05, 0) is 12.5 Å². The number of aryl methyl sites for hydroxylation is 1. The predicted octanol–water partition coefficient (Wildman–Crippen LogP) is 3.27. The highest BCUT2D eigenvalue weighted by atomic mass is 32.1. The summed E-state index contributed by atoms with van der Waals surface area (Å²) in [5, 5.41) is 23.3. The van der Waals surface area contributed by atoms with Crippen LogP contribution < -0.4 is 10.2 Å². The van der Waals surface area contributed by atoms with Gasteiger partial charge < -0.3 is 9.64 Å². The lowest BCUT2D eigenvalue weighted by atomic mass is 10.1. The summed E-state index contributed by atoms with van der Waals surface area (Å²) in [5.74, 6) is -0.429. The minimum absolute atomic E-state index is 0.125. The summed E-state index contributed by atoms with van der Waals surface area (Å²) in [4.78, 5) is 25.5. The number of rotatable bonds is 8. The Labute approximate surface area is 166 Å². The predicted molar refractivity (Wildman–Crippen MR) is 107 cm³/mol. The van der Waals surface area contributed by atoms with E-state index in [0.717, 1.165) is 30.7 Å². The number of ether oxygens (including phenoxy) is 1. The molecule has 1 aromatic carbocycles. The summed E-state index contributed by atoms with van der Waals surface area (Å²) in [6.07, 6.45) is 4.11. The van der Waals surface area contributed by atoms with Crippen LogP contribution in [0.5, 0.6) is 0 Å². The molecular weight excluding hydrogens is 382 g/mol. The first-order valence-corrected chi connectivity index (χ1v) is 10.1.